The minimum atomic E-state index is -3.06. The van der Waals surface area contributed by atoms with Gasteiger partial charge in [0.25, 0.3) is 17.7 Å². The number of nitrogens with one attached hydrogen (secondary N) is 3. The first-order chi connectivity index (χ1) is 13.8. The van der Waals surface area contributed by atoms with Gasteiger partial charge in [0.15, 0.2) is 11.5 Å². The molecule has 0 unspecified atom stereocenters. The second kappa shape index (κ2) is 9.97. The second-order valence-corrected chi connectivity index (χ2v) is 5.41. The first-order valence-electron chi connectivity index (χ1n) is 8.06. The van der Waals surface area contributed by atoms with Gasteiger partial charge in [-0.05, 0) is 30.3 Å². The van der Waals surface area contributed by atoms with Crippen molar-refractivity contribution in [3.63, 3.8) is 0 Å². The first-order valence-corrected chi connectivity index (χ1v) is 8.06. The summed E-state index contributed by atoms with van der Waals surface area (Å²) in [4.78, 5) is 35.6. The maximum absolute atomic E-state index is 13.5. The van der Waals surface area contributed by atoms with Crippen molar-refractivity contribution in [2.45, 2.75) is 6.61 Å². The summed E-state index contributed by atoms with van der Waals surface area (Å²) in [6.07, 6.45) is 0. The number of carbonyl (C=O) groups excluding carboxylic acids is 3. The average molecular weight is 411 g/mol. The van der Waals surface area contributed by atoms with Gasteiger partial charge in [-0.2, -0.15) is 8.78 Å². The summed E-state index contributed by atoms with van der Waals surface area (Å²) in [5.74, 6) is -3.48. The maximum atomic E-state index is 13.5. The van der Waals surface area contributed by atoms with Crippen LogP contribution in [0.2, 0.25) is 0 Å². The molecule has 0 aromatic heterocycles. The molecule has 0 saturated carbocycles. The molecule has 2 rings (SSSR count). The minimum absolute atomic E-state index is 0.0201. The fraction of sp³-hybridized carbons (Fsp3) is 0.167. The van der Waals surface area contributed by atoms with Gasteiger partial charge >= 0.3 is 6.61 Å². The van der Waals surface area contributed by atoms with Crippen LogP contribution < -0.4 is 25.6 Å². The zero-order valence-corrected chi connectivity index (χ0v) is 15.0. The van der Waals surface area contributed by atoms with Crippen LogP contribution in [0.15, 0.2) is 42.5 Å². The molecule has 11 heteroatoms. The molecule has 3 N–H and O–H groups in total. The van der Waals surface area contributed by atoms with E-state index in [0.29, 0.717) is 0 Å². The molecule has 154 valence electrons. The fourth-order valence-electron chi connectivity index (χ4n) is 2.15. The van der Waals surface area contributed by atoms with Crippen molar-refractivity contribution in [2.24, 2.45) is 0 Å². The third-order valence-electron chi connectivity index (χ3n) is 3.49. The van der Waals surface area contributed by atoms with Crippen LogP contribution in [0.3, 0.4) is 0 Å². The summed E-state index contributed by atoms with van der Waals surface area (Å²) in [7, 11) is 1.21. The van der Waals surface area contributed by atoms with E-state index in [4.69, 9.17) is 4.74 Å². The number of hydrogen-bond acceptors (Lipinski definition) is 5. The van der Waals surface area contributed by atoms with Crippen LogP contribution >= 0.6 is 0 Å². The van der Waals surface area contributed by atoms with E-state index in [9.17, 15) is 27.6 Å². The Kier molecular flexibility index (Phi) is 7.40. The molecule has 0 aliphatic carbocycles. The second-order valence-electron chi connectivity index (χ2n) is 5.41. The average Bonchev–Trinajstić information content (AvgIpc) is 2.70. The number of carbonyl (C=O) groups is 3. The lowest BCUT2D eigenvalue weighted by atomic mass is 10.2. The number of amides is 3. The molecule has 0 heterocycles. The summed E-state index contributed by atoms with van der Waals surface area (Å²) in [6.45, 7) is -3.58. The van der Waals surface area contributed by atoms with Crippen LogP contribution in [0.5, 0.6) is 11.5 Å². The molecule has 29 heavy (non-hydrogen) atoms. The Labute approximate surface area is 163 Å². The first kappa shape index (κ1) is 21.5. The van der Waals surface area contributed by atoms with E-state index in [-0.39, 0.29) is 22.6 Å². The third kappa shape index (κ3) is 6.13. The Bertz CT molecular complexity index is 908. The van der Waals surface area contributed by atoms with Crippen LogP contribution in [0.4, 0.5) is 13.2 Å². The molecule has 0 fully saturated rings. The summed E-state index contributed by atoms with van der Waals surface area (Å²) >= 11 is 0. The lowest BCUT2D eigenvalue weighted by Crippen LogP contribution is -2.46. The van der Waals surface area contributed by atoms with Crippen molar-refractivity contribution < 1.29 is 37.0 Å². The molecule has 8 nitrogen and oxygen atoms in total. The molecule has 2 aromatic carbocycles. The largest absolute Gasteiger partial charge is 0.493 e. The Morgan fingerprint density at radius 2 is 1.72 bits per heavy atom. The quantitative estimate of drug-likeness (QED) is 0.601. The maximum Gasteiger partial charge on any atom is 0.387 e. The van der Waals surface area contributed by atoms with E-state index in [2.05, 4.69) is 10.1 Å². The SMILES string of the molecule is COc1cc(C(=O)NCC(=O)NNC(=O)c2ccccc2F)ccc1OC(F)F. The van der Waals surface area contributed by atoms with Gasteiger partial charge in [0.1, 0.15) is 5.82 Å². The van der Waals surface area contributed by atoms with Crippen molar-refractivity contribution in [2.75, 3.05) is 13.7 Å². The third-order valence-corrected chi connectivity index (χ3v) is 3.49. The summed E-state index contributed by atoms with van der Waals surface area (Å²) < 4.78 is 47.2. The lowest BCUT2D eigenvalue weighted by molar-refractivity contribution is -0.120. The number of ether oxygens (including phenoxy) is 2. The van der Waals surface area contributed by atoms with Gasteiger partial charge in [-0.15, -0.1) is 0 Å². The zero-order valence-electron chi connectivity index (χ0n) is 15.0. The molecular formula is C18H16F3N3O5. The molecule has 0 aliphatic rings. The van der Waals surface area contributed by atoms with E-state index < -0.39 is 36.7 Å². The van der Waals surface area contributed by atoms with Crippen LogP contribution in [0.25, 0.3) is 0 Å². The van der Waals surface area contributed by atoms with Crippen LogP contribution in [-0.2, 0) is 4.79 Å². The van der Waals surface area contributed by atoms with Crippen LogP contribution in [0.1, 0.15) is 20.7 Å². The van der Waals surface area contributed by atoms with Gasteiger partial charge in [-0.3, -0.25) is 25.2 Å². The number of halogens is 3. The van der Waals surface area contributed by atoms with E-state index in [1.165, 1.54) is 31.4 Å². The standard InChI is InChI=1S/C18H16F3N3O5/c1-28-14-8-10(6-7-13(14)29-18(20)21)16(26)22-9-15(25)23-24-17(27)11-4-2-3-5-12(11)19/h2-8,18H,9H2,1H3,(H,22,26)(H,23,25)(H,24,27). The minimum Gasteiger partial charge on any atom is -0.493 e. The van der Waals surface area contributed by atoms with E-state index in [0.717, 1.165) is 18.2 Å². The predicted octanol–water partition coefficient (Wildman–Crippen LogP) is 1.63. The highest BCUT2D eigenvalue weighted by Crippen LogP contribution is 2.29. The molecule has 0 bridgehead atoms. The highest BCUT2D eigenvalue weighted by Gasteiger charge is 2.15. The Hall–Kier alpha value is -3.76. The van der Waals surface area contributed by atoms with Gasteiger partial charge in [0, 0.05) is 5.56 Å². The normalized spacial score (nSPS) is 10.2. The smallest absolute Gasteiger partial charge is 0.387 e. The van der Waals surface area contributed by atoms with Gasteiger partial charge in [0.05, 0.1) is 19.2 Å². The molecule has 0 spiro atoms. The summed E-state index contributed by atoms with van der Waals surface area (Å²) in [5, 5.41) is 2.26. The van der Waals surface area contributed by atoms with Gasteiger partial charge in [-0.25, -0.2) is 4.39 Å². The summed E-state index contributed by atoms with van der Waals surface area (Å²) in [6, 6.07) is 8.65. The Morgan fingerprint density at radius 3 is 2.38 bits per heavy atom. The highest BCUT2D eigenvalue weighted by atomic mass is 19.3. The fourth-order valence-corrected chi connectivity index (χ4v) is 2.15. The number of hydrazine groups is 1. The van der Waals surface area contributed by atoms with Crippen molar-refractivity contribution >= 4 is 17.7 Å². The molecule has 0 saturated heterocycles. The van der Waals surface area contributed by atoms with Gasteiger partial charge < -0.3 is 14.8 Å². The molecule has 2 aromatic rings. The molecule has 0 aliphatic heterocycles. The number of methoxy groups -OCH3 is 1. The number of benzene rings is 2. The number of rotatable bonds is 7. The molecule has 3 amide bonds. The molecular weight excluding hydrogens is 395 g/mol. The van der Waals surface area contributed by atoms with E-state index in [1.807, 2.05) is 10.9 Å². The van der Waals surface area contributed by atoms with Crippen LogP contribution in [-0.4, -0.2) is 38.0 Å². The predicted molar refractivity (Wildman–Crippen MR) is 94.0 cm³/mol. The van der Waals surface area contributed by atoms with E-state index in [1.54, 1.807) is 0 Å². The van der Waals surface area contributed by atoms with Crippen molar-refractivity contribution in [3.05, 3.63) is 59.4 Å². The van der Waals surface area contributed by atoms with Crippen molar-refractivity contribution in [1.29, 1.82) is 0 Å². The molecule has 0 radical (unpaired) electrons. The van der Waals surface area contributed by atoms with Crippen molar-refractivity contribution in [3.8, 4) is 11.5 Å². The number of alkyl halides is 2. The molecule has 0 atom stereocenters. The van der Waals surface area contributed by atoms with Crippen molar-refractivity contribution in [1.82, 2.24) is 16.2 Å². The monoisotopic (exact) mass is 411 g/mol. The van der Waals surface area contributed by atoms with Gasteiger partial charge in [-0.1, -0.05) is 12.1 Å². The van der Waals surface area contributed by atoms with E-state index >= 15 is 0 Å². The number of hydrogen-bond donors (Lipinski definition) is 3. The zero-order chi connectivity index (χ0) is 21.4. The Morgan fingerprint density at radius 1 is 1.00 bits per heavy atom. The Balaban J connectivity index is 1.87. The topological polar surface area (TPSA) is 106 Å². The van der Waals surface area contributed by atoms with Crippen LogP contribution in [0, 0.1) is 5.82 Å². The summed E-state index contributed by atoms with van der Waals surface area (Å²) in [5.41, 5.74) is 3.78. The highest BCUT2D eigenvalue weighted by molar-refractivity contribution is 5.98. The van der Waals surface area contributed by atoms with Gasteiger partial charge in [0.2, 0.25) is 0 Å². The lowest BCUT2D eigenvalue weighted by Gasteiger charge is -2.12.